The Morgan fingerprint density at radius 3 is 2.70 bits per heavy atom. The van der Waals surface area contributed by atoms with E-state index in [4.69, 9.17) is 14.9 Å². The van der Waals surface area contributed by atoms with Gasteiger partial charge in [0, 0.05) is 6.54 Å². The minimum absolute atomic E-state index is 0.160. The highest BCUT2D eigenvalue weighted by atomic mass is 16.5. The Balaban J connectivity index is 2.56. The van der Waals surface area contributed by atoms with E-state index in [0.29, 0.717) is 13.0 Å². The minimum Gasteiger partial charge on any atom is -0.480 e. The van der Waals surface area contributed by atoms with Crippen molar-refractivity contribution >= 4 is 12.0 Å². The van der Waals surface area contributed by atoms with Gasteiger partial charge in [0.15, 0.2) is 0 Å². The Kier molecular flexibility index (Phi) is 6.74. The molecule has 0 aliphatic carbocycles. The number of aliphatic carboxylic acids is 1. The number of carboxylic acids is 1. The van der Waals surface area contributed by atoms with Crippen LogP contribution >= 0.6 is 0 Å². The molecule has 1 fully saturated rings. The smallest absolute Gasteiger partial charge is 0.326 e. The number of carbonyl (C=O) groups excluding carboxylic acids is 1. The summed E-state index contributed by atoms with van der Waals surface area (Å²) in [4.78, 5) is 24.7. The van der Waals surface area contributed by atoms with Gasteiger partial charge in [-0.15, -0.1) is 0 Å². The van der Waals surface area contributed by atoms with E-state index < -0.39 is 24.1 Å². The van der Waals surface area contributed by atoms with Crippen LogP contribution < -0.4 is 5.32 Å². The number of nitrogens with zero attached hydrogens (tertiary/aromatic N) is 1. The van der Waals surface area contributed by atoms with Crippen molar-refractivity contribution in [3.05, 3.63) is 0 Å². The number of morpholine rings is 1. The predicted molar refractivity (Wildman–Crippen MR) is 72.5 cm³/mol. The van der Waals surface area contributed by atoms with Crippen molar-refractivity contribution in [3.8, 4) is 0 Å². The number of carbonyl (C=O) groups is 2. The number of aliphatic hydroxyl groups is 1. The standard InChI is InChI=1S/C13H24N2O5/c1-3-4-5-11(12(17)18)14-13(19)15-6-9(2)20-10(7-15)8-16/h9-11,16H,3-8H2,1-2H3,(H,14,19)(H,17,18)/t9?,10?,11-/m0/s1. The Labute approximate surface area is 118 Å². The van der Waals surface area contributed by atoms with Gasteiger partial charge in [-0.1, -0.05) is 19.8 Å². The second-order valence-corrected chi connectivity index (χ2v) is 5.14. The van der Waals surface area contributed by atoms with Gasteiger partial charge in [0.25, 0.3) is 0 Å². The van der Waals surface area contributed by atoms with E-state index in [9.17, 15) is 9.59 Å². The van der Waals surface area contributed by atoms with E-state index in [0.717, 1.165) is 12.8 Å². The molecule has 0 saturated carbocycles. The zero-order valence-electron chi connectivity index (χ0n) is 12.0. The molecule has 0 aromatic rings. The molecule has 116 valence electrons. The summed E-state index contributed by atoms with van der Waals surface area (Å²) in [5.41, 5.74) is 0. The average molecular weight is 288 g/mol. The second kappa shape index (κ2) is 8.06. The number of rotatable bonds is 6. The molecule has 2 amide bonds. The fourth-order valence-electron chi connectivity index (χ4n) is 2.22. The van der Waals surface area contributed by atoms with Crippen LogP contribution in [0.2, 0.25) is 0 Å². The Morgan fingerprint density at radius 1 is 1.45 bits per heavy atom. The second-order valence-electron chi connectivity index (χ2n) is 5.14. The lowest BCUT2D eigenvalue weighted by Gasteiger charge is -2.36. The highest BCUT2D eigenvalue weighted by molar-refractivity contribution is 5.82. The number of aliphatic hydroxyl groups excluding tert-OH is 1. The lowest BCUT2D eigenvalue weighted by Crippen LogP contribution is -2.55. The van der Waals surface area contributed by atoms with Crippen LogP contribution in [0.5, 0.6) is 0 Å². The molecular formula is C13H24N2O5. The molecule has 0 radical (unpaired) electrons. The van der Waals surface area contributed by atoms with Crippen molar-refractivity contribution in [3.63, 3.8) is 0 Å². The fraction of sp³-hybridized carbons (Fsp3) is 0.846. The molecule has 1 rings (SSSR count). The van der Waals surface area contributed by atoms with Crippen LogP contribution in [0.3, 0.4) is 0 Å². The third kappa shape index (κ3) is 4.97. The molecule has 1 aliphatic heterocycles. The summed E-state index contributed by atoms with van der Waals surface area (Å²) in [6.07, 6.45) is 1.45. The molecule has 1 saturated heterocycles. The van der Waals surface area contributed by atoms with Crippen molar-refractivity contribution in [2.24, 2.45) is 0 Å². The number of carboxylic acid groups (broad SMARTS) is 1. The molecule has 3 N–H and O–H groups in total. The molecule has 7 nitrogen and oxygen atoms in total. The maximum absolute atomic E-state index is 12.1. The van der Waals surface area contributed by atoms with Crippen LogP contribution in [0.25, 0.3) is 0 Å². The van der Waals surface area contributed by atoms with E-state index in [1.807, 2.05) is 13.8 Å². The molecule has 0 aromatic carbocycles. The van der Waals surface area contributed by atoms with Crippen LogP contribution in [0.1, 0.15) is 33.1 Å². The van der Waals surface area contributed by atoms with E-state index in [2.05, 4.69) is 5.32 Å². The topological polar surface area (TPSA) is 99.1 Å². The minimum atomic E-state index is -1.02. The van der Waals surface area contributed by atoms with Gasteiger partial charge in [-0.3, -0.25) is 0 Å². The van der Waals surface area contributed by atoms with Crippen LogP contribution in [-0.2, 0) is 9.53 Å². The van der Waals surface area contributed by atoms with Crippen molar-refractivity contribution in [2.45, 2.75) is 51.4 Å². The predicted octanol–water partition coefficient (Wildman–Crippen LogP) is 0.421. The molecule has 7 heteroatoms. The number of hydrogen-bond donors (Lipinski definition) is 3. The monoisotopic (exact) mass is 288 g/mol. The van der Waals surface area contributed by atoms with Crippen molar-refractivity contribution in [1.29, 1.82) is 0 Å². The Hall–Kier alpha value is -1.34. The molecule has 2 unspecified atom stereocenters. The van der Waals surface area contributed by atoms with Gasteiger partial charge in [0.05, 0.1) is 25.4 Å². The Morgan fingerprint density at radius 2 is 2.15 bits per heavy atom. The highest BCUT2D eigenvalue weighted by Gasteiger charge is 2.30. The van der Waals surface area contributed by atoms with Gasteiger partial charge in [0.1, 0.15) is 6.04 Å². The summed E-state index contributed by atoms with van der Waals surface area (Å²) in [5.74, 6) is -1.02. The van der Waals surface area contributed by atoms with Gasteiger partial charge in [-0.25, -0.2) is 9.59 Å². The maximum Gasteiger partial charge on any atom is 0.326 e. The van der Waals surface area contributed by atoms with Crippen molar-refractivity contribution < 1.29 is 24.5 Å². The van der Waals surface area contributed by atoms with Crippen LogP contribution in [0, 0.1) is 0 Å². The van der Waals surface area contributed by atoms with Crippen molar-refractivity contribution in [2.75, 3.05) is 19.7 Å². The molecule has 1 heterocycles. The van der Waals surface area contributed by atoms with Gasteiger partial charge < -0.3 is 25.2 Å². The number of ether oxygens (including phenoxy) is 1. The van der Waals surface area contributed by atoms with Gasteiger partial charge >= 0.3 is 12.0 Å². The van der Waals surface area contributed by atoms with E-state index in [1.165, 1.54) is 4.90 Å². The molecule has 0 bridgehead atoms. The molecule has 20 heavy (non-hydrogen) atoms. The third-order valence-electron chi connectivity index (χ3n) is 3.26. The maximum atomic E-state index is 12.1. The molecule has 0 aromatic heterocycles. The molecule has 3 atom stereocenters. The van der Waals surface area contributed by atoms with Crippen LogP contribution in [0.4, 0.5) is 4.79 Å². The number of urea groups is 1. The first-order valence-electron chi connectivity index (χ1n) is 7.02. The lowest BCUT2D eigenvalue weighted by molar-refractivity contribution is -0.139. The summed E-state index contributed by atoms with van der Waals surface area (Å²) in [7, 11) is 0. The summed E-state index contributed by atoms with van der Waals surface area (Å²) < 4.78 is 5.45. The lowest BCUT2D eigenvalue weighted by atomic mass is 10.1. The Bertz CT molecular complexity index is 337. The third-order valence-corrected chi connectivity index (χ3v) is 3.26. The SMILES string of the molecule is CCCC[C@H](NC(=O)N1CC(C)OC(CO)C1)C(=O)O. The molecule has 1 aliphatic rings. The highest BCUT2D eigenvalue weighted by Crippen LogP contribution is 2.11. The van der Waals surface area contributed by atoms with Crippen LogP contribution in [-0.4, -0.2) is 65.1 Å². The van der Waals surface area contributed by atoms with E-state index in [1.54, 1.807) is 0 Å². The average Bonchev–Trinajstić information content (AvgIpc) is 2.42. The van der Waals surface area contributed by atoms with Gasteiger partial charge in [-0.2, -0.15) is 0 Å². The number of nitrogens with one attached hydrogen (secondary N) is 1. The zero-order valence-corrected chi connectivity index (χ0v) is 12.0. The zero-order chi connectivity index (χ0) is 15.1. The quantitative estimate of drug-likeness (QED) is 0.658. The van der Waals surface area contributed by atoms with Gasteiger partial charge in [0.2, 0.25) is 0 Å². The summed E-state index contributed by atoms with van der Waals surface area (Å²) in [5, 5.41) is 20.8. The largest absolute Gasteiger partial charge is 0.480 e. The fourth-order valence-corrected chi connectivity index (χ4v) is 2.22. The summed E-state index contributed by atoms with van der Waals surface area (Å²) in [6, 6.07) is -1.28. The number of amides is 2. The van der Waals surface area contributed by atoms with Crippen LogP contribution in [0.15, 0.2) is 0 Å². The van der Waals surface area contributed by atoms with Gasteiger partial charge in [-0.05, 0) is 13.3 Å². The number of hydrogen-bond acceptors (Lipinski definition) is 4. The number of unbranched alkanes of at least 4 members (excludes halogenated alkanes) is 1. The first kappa shape index (κ1) is 16.7. The normalized spacial score (nSPS) is 24.2. The molecule has 0 spiro atoms. The summed E-state index contributed by atoms with van der Waals surface area (Å²) in [6.45, 7) is 4.28. The molecular weight excluding hydrogens is 264 g/mol. The first-order valence-corrected chi connectivity index (χ1v) is 7.02. The van der Waals surface area contributed by atoms with E-state index >= 15 is 0 Å². The van der Waals surface area contributed by atoms with E-state index in [-0.39, 0.29) is 19.3 Å². The summed E-state index contributed by atoms with van der Waals surface area (Å²) >= 11 is 0. The first-order chi connectivity index (χ1) is 9.47. The van der Waals surface area contributed by atoms with Crippen molar-refractivity contribution in [1.82, 2.24) is 10.2 Å².